The second-order valence-corrected chi connectivity index (χ2v) is 7.89. The van der Waals surface area contributed by atoms with Crippen molar-refractivity contribution in [2.45, 2.75) is 4.90 Å². The first-order chi connectivity index (χ1) is 8.62. The summed E-state index contributed by atoms with van der Waals surface area (Å²) in [6.07, 6.45) is 0.992. The molecule has 0 saturated heterocycles. The van der Waals surface area contributed by atoms with Gasteiger partial charge in [-0.25, -0.2) is 26.4 Å². The zero-order valence-corrected chi connectivity index (χ0v) is 11.7. The summed E-state index contributed by atoms with van der Waals surface area (Å²) in [5, 5.41) is 8.76. The lowest BCUT2D eigenvalue weighted by atomic mass is 10.2. The monoisotopic (exact) mass is 307 g/mol. The summed E-state index contributed by atoms with van der Waals surface area (Å²) in [6, 6.07) is 4.80. The second-order valence-electron chi connectivity index (χ2n) is 3.86. The van der Waals surface area contributed by atoms with Gasteiger partial charge in [-0.3, -0.25) is 0 Å². The molecule has 2 N–H and O–H groups in total. The molecule has 0 amide bonds. The van der Waals surface area contributed by atoms with Crippen LogP contribution in [0.15, 0.2) is 29.2 Å². The Morgan fingerprint density at radius 1 is 1.26 bits per heavy atom. The molecule has 19 heavy (non-hydrogen) atoms. The number of nitrogens with one attached hydrogen (secondary N) is 1. The normalized spacial score (nSPS) is 12.3. The van der Waals surface area contributed by atoms with E-state index in [9.17, 15) is 21.6 Å². The molecule has 7 nitrogen and oxygen atoms in total. The van der Waals surface area contributed by atoms with Crippen LogP contribution in [0.3, 0.4) is 0 Å². The van der Waals surface area contributed by atoms with Gasteiger partial charge in [-0.15, -0.1) is 0 Å². The van der Waals surface area contributed by atoms with E-state index in [4.69, 9.17) is 5.11 Å². The van der Waals surface area contributed by atoms with Crippen molar-refractivity contribution in [1.29, 1.82) is 0 Å². The number of hydrogen-bond acceptors (Lipinski definition) is 5. The Balaban J connectivity index is 2.89. The Labute approximate surface area is 111 Å². The quantitative estimate of drug-likeness (QED) is 0.745. The summed E-state index contributed by atoms with van der Waals surface area (Å²) in [4.78, 5) is 10.5. The lowest BCUT2D eigenvalue weighted by molar-refractivity contribution is 0.0696. The molecular weight excluding hydrogens is 294 g/mol. The van der Waals surface area contributed by atoms with E-state index in [-0.39, 0.29) is 22.8 Å². The molecule has 0 atom stereocenters. The number of sulfonamides is 1. The highest BCUT2D eigenvalue weighted by Gasteiger charge is 2.16. The molecule has 1 rings (SSSR count). The van der Waals surface area contributed by atoms with Gasteiger partial charge < -0.3 is 5.11 Å². The highest BCUT2D eigenvalue weighted by Crippen LogP contribution is 2.11. The number of carboxylic acid groups (broad SMARTS) is 1. The van der Waals surface area contributed by atoms with Crippen LogP contribution >= 0.6 is 0 Å². The minimum absolute atomic E-state index is 0.161. The van der Waals surface area contributed by atoms with Crippen LogP contribution in [0, 0.1) is 0 Å². The number of aromatic carboxylic acids is 1. The Kier molecular flexibility index (Phi) is 4.66. The van der Waals surface area contributed by atoms with E-state index in [0.29, 0.717) is 0 Å². The van der Waals surface area contributed by atoms with Gasteiger partial charge in [0.05, 0.1) is 16.2 Å². The predicted octanol–water partition coefficient (Wildman–Crippen LogP) is -0.292. The number of rotatable bonds is 6. The van der Waals surface area contributed by atoms with Crippen molar-refractivity contribution in [1.82, 2.24) is 4.72 Å². The fourth-order valence-electron chi connectivity index (χ4n) is 1.24. The maximum atomic E-state index is 11.8. The van der Waals surface area contributed by atoms with E-state index >= 15 is 0 Å². The first kappa shape index (κ1) is 15.6. The highest BCUT2D eigenvalue weighted by molar-refractivity contribution is 7.91. The fraction of sp³-hybridized carbons (Fsp3) is 0.300. The van der Waals surface area contributed by atoms with E-state index in [1.165, 1.54) is 18.2 Å². The highest BCUT2D eigenvalue weighted by atomic mass is 32.2. The Morgan fingerprint density at radius 2 is 1.89 bits per heavy atom. The predicted molar refractivity (Wildman–Crippen MR) is 68.3 cm³/mol. The molecule has 0 aliphatic carbocycles. The lowest BCUT2D eigenvalue weighted by Crippen LogP contribution is -2.29. The number of carbonyl (C=O) groups is 1. The minimum atomic E-state index is -3.92. The van der Waals surface area contributed by atoms with Gasteiger partial charge in [-0.05, 0) is 18.2 Å². The molecule has 0 heterocycles. The molecule has 0 aliphatic heterocycles. The van der Waals surface area contributed by atoms with Gasteiger partial charge in [0.15, 0.2) is 0 Å². The Bertz CT molecular complexity index is 678. The zero-order valence-electron chi connectivity index (χ0n) is 10.0. The molecule has 1 aromatic carbocycles. The van der Waals surface area contributed by atoms with Crippen molar-refractivity contribution in [3.05, 3.63) is 29.8 Å². The smallest absolute Gasteiger partial charge is 0.335 e. The molecule has 0 radical (unpaired) electrons. The molecule has 0 spiro atoms. The molecule has 1 aromatic rings. The molecule has 0 fully saturated rings. The molecule has 106 valence electrons. The summed E-state index contributed by atoms with van der Waals surface area (Å²) in [5.74, 6) is -1.57. The van der Waals surface area contributed by atoms with Gasteiger partial charge in [-0.2, -0.15) is 0 Å². The van der Waals surface area contributed by atoms with Crippen molar-refractivity contribution in [2.75, 3.05) is 18.6 Å². The molecule has 0 unspecified atom stereocenters. The topological polar surface area (TPSA) is 118 Å². The van der Waals surface area contributed by atoms with E-state index in [0.717, 1.165) is 12.3 Å². The van der Waals surface area contributed by atoms with Gasteiger partial charge in [0.1, 0.15) is 9.84 Å². The molecule has 0 aromatic heterocycles. The van der Waals surface area contributed by atoms with Crippen molar-refractivity contribution in [3.8, 4) is 0 Å². The maximum Gasteiger partial charge on any atom is 0.335 e. The second kappa shape index (κ2) is 5.68. The van der Waals surface area contributed by atoms with Crippen molar-refractivity contribution < 1.29 is 26.7 Å². The van der Waals surface area contributed by atoms with Crippen LogP contribution < -0.4 is 4.72 Å². The average molecular weight is 307 g/mol. The van der Waals surface area contributed by atoms with Crippen molar-refractivity contribution in [3.63, 3.8) is 0 Å². The van der Waals surface area contributed by atoms with Crippen LogP contribution in [-0.4, -0.2) is 46.5 Å². The molecule has 0 aliphatic rings. The van der Waals surface area contributed by atoms with Gasteiger partial charge in [0.2, 0.25) is 10.0 Å². The van der Waals surface area contributed by atoms with E-state index < -0.39 is 25.8 Å². The summed E-state index contributed by atoms with van der Waals surface area (Å²) in [5.41, 5.74) is -0.161. The number of benzene rings is 1. The number of carboxylic acids is 1. The average Bonchev–Trinajstić information content (AvgIpc) is 2.27. The van der Waals surface area contributed by atoms with E-state index in [1.807, 2.05) is 0 Å². The Morgan fingerprint density at radius 3 is 2.42 bits per heavy atom. The largest absolute Gasteiger partial charge is 0.478 e. The van der Waals surface area contributed by atoms with Gasteiger partial charge in [-0.1, -0.05) is 6.07 Å². The number of hydrogen-bond donors (Lipinski definition) is 2. The lowest BCUT2D eigenvalue weighted by Gasteiger charge is -2.06. The standard InChI is InChI=1S/C10H13NO6S2/c1-18(14,15)6-5-11-19(16,17)9-4-2-3-8(7-9)10(12)13/h2-4,7,11H,5-6H2,1H3,(H,12,13). The summed E-state index contributed by atoms with van der Waals surface area (Å²) in [6.45, 7) is -0.265. The molecule has 0 bridgehead atoms. The van der Waals surface area contributed by atoms with Crippen LogP contribution in [0.1, 0.15) is 10.4 Å². The minimum Gasteiger partial charge on any atom is -0.478 e. The molecule has 9 heteroatoms. The first-order valence-corrected chi connectivity index (χ1v) is 8.67. The van der Waals surface area contributed by atoms with Crippen molar-refractivity contribution >= 4 is 25.8 Å². The number of sulfone groups is 1. The zero-order chi connectivity index (χ0) is 14.7. The summed E-state index contributed by atoms with van der Waals surface area (Å²) in [7, 11) is -7.19. The van der Waals surface area contributed by atoms with Gasteiger partial charge >= 0.3 is 5.97 Å². The maximum absolute atomic E-state index is 11.8. The third kappa shape index (κ3) is 4.97. The van der Waals surface area contributed by atoms with E-state index in [1.54, 1.807) is 0 Å². The fourth-order valence-corrected chi connectivity index (χ4v) is 2.92. The third-order valence-electron chi connectivity index (χ3n) is 2.16. The van der Waals surface area contributed by atoms with Crippen molar-refractivity contribution in [2.24, 2.45) is 0 Å². The van der Waals surface area contributed by atoms with Crippen LogP contribution in [0.25, 0.3) is 0 Å². The molecular formula is C10H13NO6S2. The van der Waals surface area contributed by atoms with Crippen LogP contribution in [0.5, 0.6) is 0 Å². The van der Waals surface area contributed by atoms with Crippen LogP contribution in [0.4, 0.5) is 0 Å². The van der Waals surface area contributed by atoms with Crippen LogP contribution in [-0.2, 0) is 19.9 Å². The summed E-state index contributed by atoms with van der Waals surface area (Å²) < 4.78 is 47.5. The van der Waals surface area contributed by atoms with E-state index in [2.05, 4.69) is 4.72 Å². The Hall–Kier alpha value is -1.45. The van der Waals surface area contributed by atoms with Crippen LogP contribution in [0.2, 0.25) is 0 Å². The molecule has 0 saturated carbocycles. The summed E-state index contributed by atoms with van der Waals surface area (Å²) >= 11 is 0. The SMILES string of the molecule is CS(=O)(=O)CCNS(=O)(=O)c1cccc(C(=O)O)c1. The first-order valence-electron chi connectivity index (χ1n) is 5.12. The third-order valence-corrected chi connectivity index (χ3v) is 4.56. The van der Waals surface area contributed by atoms with Gasteiger partial charge in [0, 0.05) is 12.8 Å². The van der Waals surface area contributed by atoms with Gasteiger partial charge in [0.25, 0.3) is 0 Å².